The number of halogens is 2. The van der Waals surface area contributed by atoms with Crippen LogP contribution in [0.2, 0.25) is 5.02 Å². The summed E-state index contributed by atoms with van der Waals surface area (Å²) in [5.41, 5.74) is 7.11. The molecule has 2 rings (SSSR count). The SMILES string of the molecule is N#Cc1cc(Br)ccc1NC(=O)c1cc(Cl)ccc1N. The fourth-order valence-corrected chi connectivity index (χ4v) is 2.17. The average Bonchev–Trinajstić information content (AvgIpc) is 2.43. The van der Waals surface area contributed by atoms with E-state index < -0.39 is 5.91 Å². The largest absolute Gasteiger partial charge is 0.398 e. The van der Waals surface area contributed by atoms with Crippen LogP contribution in [0.5, 0.6) is 0 Å². The van der Waals surface area contributed by atoms with Gasteiger partial charge in [-0.25, -0.2) is 0 Å². The Morgan fingerprint density at radius 1 is 1.30 bits per heavy atom. The van der Waals surface area contributed by atoms with E-state index in [4.69, 9.17) is 22.6 Å². The molecule has 2 aromatic carbocycles. The Labute approximate surface area is 129 Å². The molecule has 6 heteroatoms. The van der Waals surface area contributed by atoms with Crippen molar-refractivity contribution in [3.8, 4) is 6.07 Å². The zero-order chi connectivity index (χ0) is 14.7. The maximum absolute atomic E-state index is 12.2. The van der Waals surface area contributed by atoms with E-state index in [0.717, 1.165) is 4.47 Å². The lowest BCUT2D eigenvalue weighted by atomic mass is 10.1. The van der Waals surface area contributed by atoms with Crippen molar-refractivity contribution in [2.45, 2.75) is 0 Å². The number of nitrogen functional groups attached to an aromatic ring is 1. The topological polar surface area (TPSA) is 78.9 Å². The van der Waals surface area contributed by atoms with Crippen LogP contribution in [0.15, 0.2) is 40.9 Å². The summed E-state index contributed by atoms with van der Waals surface area (Å²) in [7, 11) is 0. The number of nitriles is 1. The summed E-state index contributed by atoms with van der Waals surface area (Å²) in [6.45, 7) is 0. The molecule has 0 fully saturated rings. The standard InChI is InChI=1S/C14H9BrClN3O/c15-9-1-4-13(8(5-9)7-17)19-14(20)11-6-10(16)2-3-12(11)18/h1-6H,18H2,(H,19,20). The Kier molecular flexibility index (Phi) is 4.28. The number of carbonyl (C=O) groups excluding carboxylic acids is 1. The number of hydrogen-bond acceptors (Lipinski definition) is 3. The van der Waals surface area contributed by atoms with Crippen LogP contribution in [-0.2, 0) is 0 Å². The Morgan fingerprint density at radius 2 is 2.05 bits per heavy atom. The smallest absolute Gasteiger partial charge is 0.257 e. The van der Waals surface area contributed by atoms with Gasteiger partial charge in [0.05, 0.1) is 16.8 Å². The van der Waals surface area contributed by atoms with Gasteiger partial charge in [0.15, 0.2) is 0 Å². The van der Waals surface area contributed by atoms with Gasteiger partial charge < -0.3 is 11.1 Å². The lowest BCUT2D eigenvalue weighted by Crippen LogP contribution is -2.14. The third kappa shape index (κ3) is 3.10. The zero-order valence-electron chi connectivity index (χ0n) is 10.2. The van der Waals surface area contributed by atoms with E-state index in [1.165, 1.54) is 6.07 Å². The van der Waals surface area contributed by atoms with Gasteiger partial charge in [-0.05, 0) is 36.4 Å². The molecule has 100 valence electrons. The van der Waals surface area contributed by atoms with Crippen LogP contribution in [0, 0.1) is 11.3 Å². The first-order valence-electron chi connectivity index (χ1n) is 5.57. The van der Waals surface area contributed by atoms with E-state index in [1.807, 2.05) is 6.07 Å². The minimum absolute atomic E-state index is 0.268. The van der Waals surface area contributed by atoms with Gasteiger partial charge in [-0.15, -0.1) is 0 Å². The molecule has 0 saturated carbocycles. The quantitative estimate of drug-likeness (QED) is 0.808. The first-order chi connectivity index (χ1) is 9.51. The van der Waals surface area contributed by atoms with Gasteiger partial charge in [0.25, 0.3) is 5.91 Å². The van der Waals surface area contributed by atoms with Crippen LogP contribution < -0.4 is 11.1 Å². The van der Waals surface area contributed by atoms with E-state index >= 15 is 0 Å². The lowest BCUT2D eigenvalue weighted by Gasteiger charge is -2.09. The van der Waals surface area contributed by atoms with Crippen molar-refractivity contribution in [3.05, 3.63) is 57.0 Å². The number of nitrogens with one attached hydrogen (secondary N) is 1. The lowest BCUT2D eigenvalue weighted by molar-refractivity contribution is 0.102. The molecular weight excluding hydrogens is 342 g/mol. The molecule has 0 spiro atoms. The first-order valence-corrected chi connectivity index (χ1v) is 6.74. The fraction of sp³-hybridized carbons (Fsp3) is 0. The van der Waals surface area contributed by atoms with Crippen molar-refractivity contribution in [1.82, 2.24) is 0 Å². The highest BCUT2D eigenvalue weighted by Crippen LogP contribution is 2.23. The second kappa shape index (κ2) is 5.95. The Hall–Kier alpha value is -2.03. The fourth-order valence-electron chi connectivity index (χ4n) is 1.63. The van der Waals surface area contributed by atoms with Gasteiger partial charge in [0, 0.05) is 15.2 Å². The molecule has 0 aliphatic heterocycles. The molecule has 0 bridgehead atoms. The maximum Gasteiger partial charge on any atom is 0.257 e. The van der Waals surface area contributed by atoms with Crippen LogP contribution in [0.4, 0.5) is 11.4 Å². The number of rotatable bonds is 2. The third-order valence-corrected chi connectivity index (χ3v) is 3.34. The molecule has 0 atom stereocenters. The summed E-state index contributed by atoms with van der Waals surface area (Å²) < 4.78 is 0.759. The third-order valence-electron chi connectivity index (χ3n) is 2.61. The van der Waals surface area contributed by atoms with Crippen molar-refractivity contribution in [2.75, 3.05) is 11.1 Å². The van der Waals surface area contributed by atoms with Gasteiger partial charge in [-0.2, -0.15) is 5.26 Å². The van der Waals surface area contributed by atoms with Crippen molar-refractivity contribution in [2.24, 2.45) is 0 Å². The van der Waals surface area contributed by atoms with E-state index in [9.17, 15) is 4.79 Å². The number of anilines is 2. The van der Waals surface area contributed by atoms with E-state index in [0.29, 0.717) is 22.0 Å². The summed E-state index contributed by atoms with van der Waals surface area (Å²) in [6, 6.07) is 11.7. The minimum Gasteiger partial charge on any atom is -0.398 e. The van der Waals surface area contributed by atoms with Crippen LogP contribution >= 0.6 is 27.5 Å². The molecule has 3 N–H and O–H groups in total. The van der Waals surface area contributed by atoms with Crippen LogP contribution in [0.3, 0.4) is 0 Å². The van der Waals surface area contributed by atoms with Gasteiger partial charge in [-0.3, -0.25) is 4.79 Å². The molecule has 1 amide bonds. The first kappa shape index (κ1) is 14.4. The summed E-state index contributed by atoms with van der Waals surface area (Å²) in [5, 5.41) is 12.1. The van der Waals surface area contributed by atoms with E-state index in [1.54, 1.807) is 30.3 Å². The molecule has 0 aliphatic carbocycles. The molecule has 0 radical (unpaired) electrons. The number of amides is 1. The number of hydrogen-bond donors (Lipinski definition) is 2. The molecule has 0 saturated heterocycles. The number of carbonyl (C=O) groups is 1. The molecular formula is C14H9BrClN3O. The maximum atomic E-state index is 12.2. The van der Waals surface area contributed by atoms with Gasteiger partial charge >= 0.3 is 0 Å². The second-order valence-electron chi connectivity index (χ2n) is 3.99. The monoisotopic (exact) mass is 349 g/mol. The predicted molar refractivity (Wildman–Crippen MR) is 82.7 cm³/mol. The molecule has 0 aliphatic rings. The Bertz CT molecular complexity index is 725. The van der Waals surface area contributed by atoms with E-state index in [2.05, 4.69) is 21.2 Å². The molecule has 0 unspecified atom stereocenters. The minimum atomic E-state index is -0.413. The molecule has 20 heavy (non-hydrogen) atoms. The summed E-state index contributed by atoms with van der Waals surface area (Å²) >= 11 is 9.12. The van der Waals surface area contributed by atoms with Gasteiger partial charge in [0.2, 0.25) is 0 Å². The molecule has 0 heterocycles. The van der Waals surface area contributed by atoms with Crippen molar-refractivity contribution in [3.63, 3.8) is 0 Å². The number of nitrogens with zero attached hydrogens (tertiary/aromatic N) is 1. The van der Waals surface area contributed by atoms with Gasteiger partial charge in [-0.1, -0.05) is 27.5 Å². The highest BCUT2D eigenvalue weighted by molar-refractivity contribution is 9.10. The zero-order valence-corrected chi connectivity index (χ0v) is 12.5. The Morgan fingerprint density at radius 3 is 2.75 bits per heavy atom. The average molecular weight is 351 g/mol. The van der Waals surface area contributed by atoms with Crippen LogP contribution in [-0.4, -0.2) is 5.91 Å². The summed E-state index contributed by atoms with van der Waals surface area (Å²) in [4.78, 5) is 12.2. The highest BCUT2D eigenvalue weighted by Gasteiger charge is 2.12. The summed E-state index contributed by atoms with van der Waals surface area (Å²) in [5.74, 6) is -0.413. The Balaban J connectivity index is 2.33. The molecule has 4 nitrogen and oxygen atoms in total. The normalized spacial score (nSPS) is 9.85. The highest BCUT2D eigenvalue weighted by atomic mass is 79.9. The van der Waals surface area contributed by atoms with Crippen molar-refractivity contribution >= 4 is 44.8 Å². The van der Waals surface area contributed by atoms with Crippen molar-refractivity contribution in [1.29, 1.82) is 5.26 Å². The number of nitrogens with two attached hydrogens (primary N) is 1. The number of benzene rings is 2. The molecule has 2 aromatic rings. The van der Waals surface area contributed by atoms with Crippen LogP contribution in [0.25, 0.3) is 0 Å². The predicted octanol–water partition coefficient (Wildman–Crippen LogP) is 3.81. The van der Waals surface area contributed by atoms with E-state index in [-0.39, 0.29) is 5.56 Å². The summed E-state index contributed by atoms with van der Waals surface area (Å²) in [6.07, 6.45) is 0. The van der Waals surface area contributed by atoms with Crippen molar-refractivity contribution < 1.29 is 4.79 Å². The molecule has 0 aromatic heterocycles. The van der Waals surface area contributed by atoms with Gasteiger partial charge in [0.1, 0.15) is 6.07 Å². The van der Waals surface area contributed by atoms with Crippen LogP contribution in [0.1, 0.15) is 15.9 Å². The second-order valence-corrected chi connectivity index (χ2v) is 5.34.